The van der Waals surface area contributed by atoms with Crippen molar-refractivity contribution in [1.82, 2.24) is 14.8 Å². The molecule has 22 heavy (non-hydrogen) atoms. The van der Waals surface area contributed by atoms with Crippen molar-refractivity contribution in [2.75, 3.05) is 16.8 Å². The fraction of sp³-hybridized carbons (Fsp3) is 0.333. The van der Waals surface area contributed by atoms with Gasteiger partial charge in [0.25, 0.3) is 0 Å². The average molecular weight is 299 g/mol. The Hall–Kier alpha value is -2.70. The van der Waals surface area contributed by atoms with Crippen LogP contribution in [0.5, 0.6) is 0 Å². The van der Waals surface area contributed by atoms with Gasteiger partial charge in [0.15, 0.2) is 0 Å². The fourth-order valence-corrected chi connectivity index (χ4v) is 2.37. The predicted octanol–water partition coefficient (Wildman–Crippen LogP) is 1.39. The van der Waals surface area contributed by atoms with Gasteiger partial charge in [0.1, 0.15) is 6.54 Å². The van der Waals surface area contributed by atoms with Gasteiger partial charge < -0.3 is 10.2 Å². The second-order valence-corrected chi connectivity index (χ2v) is 5.48. The molecule has 2 aromatic heterocycles. The largest absolute Gasteiger partial charge is 0.321 e. The molecule has 0 bridgehead atoms. The minimum atomic E-state index is -0.221. The van der Waals surface area contributed by atoms with Gasteiger partial charge in [-0.3, -0.25) is 19.3 Å². The lowest BCUT2D eigenvalue weighted by molar-refractivity contribution is -0.121. The minimum Gasteiger partial charge on any atom is -0.321 e. The summed E-state index contributed by atoms with van der Waals surface area (Å²) in [5.41, 5.74) is 1.92. The number of fused-ring (bicyclic) bond motifs is 1. The third-order valence-electron chi connectivity index (χ3n) is 3.49. The Bertz CT molecular complexity index is 722. The molecule has 0 saturated carbocycles. The smallest absolute Gasteiger partial charge is 0.244 e. The standard InChI is InChI=1S/C15H17N5O2/c1-10(2)20-6-4-11(18-20)7-15(22)19-9-14(21)17-12-8-16-5-3-13(12)19/h3-6,8,10H,7,9H2,1-2H3,(H,17,21). The number of hydrogen-bond donors (Lipinski definition) is 1. The quantitative estimate of drug-likeness (QED) is 0.928. The Balaban J connectivity index is 1.81. The number of aromatic nitrogens is 3. The number of carbonyl (C=O) groups is 2. The molecule has 3 rings (SSSR count). The Morgan fingerprint density at radius 2 is 2.23 bits per heavy atom. The van der Waals surface area contributed by atoms with Crippen molar-refractivity contribution in [3.05, 3.63) is 36.4 Å². The molecule has 1 N–H and O–H groups in total. The third kappa shape index (κ3) is 2.69. The first-order valence-corrected chi connectivity index (χ1v) is 7.13. The molecular formula is C15H17N5O2. The van der Waals surface area contributed by atoms with Crippen molar-refractivity contribution in [2.45, 2.75) is 26.3 Å². The normalized spacial score (nSPS) is 14.0. The van der Waals surface area contributed by atoms with Crippen molar-refractivity contribution in [3.63, 3.8) is 0 Å². The van der Waals surface area contributed by atoms with Gasteiger partial charge >= 0.3 is 0 Å². The number of hydrogen-bond acceptors (Lipinski definition) is 4. The summed E-state index contributed by atoms with van der Waals surface area (Å²) in [4.78, 5) is 29.7. The summed E-state index contributed by atoms with van der Waals surface area (Å²) in [5, 5.41) is 7.09. The molecule has 0 aliphatic carbocycles. The monoisotopic (exact) mass is 299 g/mol. The Kier molecular flexibility index (Phi) is 3.62. The first kappa shape index (κ1) is 14.2. The lowest BCUT2D eigenvalue weighted by Crippen LogP contribution is -2.43. The van der Waals surface area contributed by atoms with Crippen LogP contribution in [0.25, 0.3) is 0 Å². The number of rotatable bonds is 3. The zero-order chi connectivity index (χ0) is 15.7. The molecule has 3 heterocycles. The molecule has 0 fully saturated rings. The summed E-state index contributed by atoms with van der Waals surface area (Å²) < 4.78 is 1.81. The van der Waals surface area contributed by atoms with Gasteiger partial charge in [-0.25, -0.2) is 0 Å². The zero-order valence-electron chi connectivity index (χ0n) is 12.5. The molecule has 0 aromatic carbocycles. The molecule has 0 radical (unpaired) electrons. The second-order valence-electron chi connectivity index (χ2n) is 5.48. The summed E-state index contributed by atoms with van der Waals surface area (Å²) in [5.74, 6) is -0.377. The molecule has 0 unspecified atom stereocenters. The number of carbonyl (C=O) groups excluding carboxylic acids is 2. The van der Waals surface area contributed by atoms with Crippen LogP contribution in [0.1, 0.15) is 25.6 Å². The first-order chi connectivity index (χ1) is 10.5. The molecule has 114 valence electrons. The molecule has 2 amide bonds. The van der Waals surface area contributed by atoms with E-state index in [-0.39, 0.29) is 30.8 Å². The van der Waals surface area contributed by atoms with E-state index < -0.39 is 0 Å². The van der Waals surface area contributed by atoms with Gasteiger partial charge in [-0.05, 0) is 26.0 Å². The highest BCUT2D eigenvalue weighted by molar-refractivity contribution is 6.10. The van der Waals surface area contributed by atoms with E-state index in [1.165, 1.54) is 4.90 Å². The van der Waals surface area contributed by atoms with Crippen molar-refractivity contribution in [2.24, 2.45) is 0 Å². The number of nitrogens with one attached hydrogen (secondary N) is 1. The maximum absolute atomic E-state index is 12.5. The van der Waals surface area contributed by atoms with Crippen molar-refractivity contribution >= 4 is 23.2 Å². The van der Waals surface area contributed by atoms with Crippen molar-refractivity contribution < 1.29 is 9.59 Å². The van der Waals surface area contributed by atoms with Crippen LogP contribution >= 0.6 is 0 Å². The second kappa shape index (κ2) is 5.59. The Labute approximate surface area is 127 Å². The lowest BCUT2D eigenvalue weighted by atomic mass is 10.2. The van der Waals surface area contributed by atoms with E-state index in [1.807, 2.05) is 30.8 Å². The maximum atomic E-state index is 12.5. The number of amides is 2. The number of anilines is 2. The van der Waals surface area contributed by atoms with Gasteiger partial charge in [-0.15, -0.1) is 0 Å². The molecule has 7 nitrogen and oxygen atoms in total. The van der Waals surface area contributed by atoms with Crippen LogP contribution in [0.2, 0.25) is 0 Å². The summed E-state index contributed by atoms with van der Waals surface area (Å²) in [6, 6.07) is 3.80. The average Bonchev–Trinajstić information content (AvgIpc) is 2.95. The lowest BCUT2D eigenvalue weighted by Gasteiger charge is -2.28. The van der Waals surface area contributed by atoms with E-state index in [4.69, 9.17) is 0 Å². The van der Waals surface area contributed by atoms with Crippen molar-refractivity contribution in [3.8, 4) is 0 Å². The zero-order valence-corrected chi connectivity index (χ0v) is 12.5. The number of pyridine rings is 1. The molecule has 1 aliphatic rings. The summed E-state index contributed by atoms with van der Waals surface area (Å²) in [7, 11) is 0. The maximum Gasteiger partial charge on any atom is 0.244 e. The molecule has 0 spiro atoms. The molecule has 7 heteroatoms. The number of nitrogens with zero attached hydrogens (tertiary/aromatic N) is 4. The highest BCUT2D eigenvalue weighted by Gasteiger charge is 2.27. The van der Waals surface area contributed by atoms with Crippen LogP contribution < -0.4 is 10.2 Å². The van der Waals surface area contributed by atoms with Gasteiger partial charge in [-0.2, -0.15) is 5.10 Å². The highest BCUT2D eigenvalue weighted by Crippen LogP contribution is 2.28. The van der Waals surface area contributed by atoms with Crippen LogP contribution in [-0.2, 0) is 16.0 Å². The molecule has 0 atom stereocenters. The summed E-state index contributed by atoms with van der Waals surface area (Å²) in [6.07, 6.45) is 5.16. The van der Waals surface area contributed by atoms with Gasteiger partial charge in [0, 0.05) is 18.4 Å². The van der Waals surface area contributed by atoms with Crippen molar-refractivity contribution in [1.29, 1.82) is 0 Å². The van der Waals surface area contributed by atoms with E-state index in [2.05, 4.69) is 15.4 Å². The van der Waals surface area contributed by atoms with Crippen LogP contribution in [-0.4, -0.2) is 33.1 Å². The van der Waals surface area contributed by atoms with Gasteiger partial charge in [-0.1, -0.05) is 0 Å². The predicted molar refractivity (Wildman–Crippen MR) is 81.5 cm³/mol. The Morgan fingerprint density at radius 3 is 2.95 bits per heavy atom. The summed E-state index contributed by atoms with van der Waals surface area (Å²) in [6.45, 7) is 4.06. The topological polar surface area (TPSA) is 80.1 Å². The van der Waals surface area contributed by atoms with E-state index in [0.29, 0.717) is 17.1 Å². The van der Waals surface area contributed by atoms with Crippen LogP contribution in [0.15, 0.2) is 30.7 Å². The van der Waals surface area contributed by atoms with E-state index >= 15 is 0 Å². The SMILES string of the molecule is CC(C)n1ccc(CC(=O)N2CC(=O)Nc3cnccc32)n1. The molecule has 0 saturated heterocycles. The fourth-order valence-electron chi connectivity index (χ4n) is 2.37. The Morgan fingerprint density at radius 1 is 1.41 bits per heavy atom. The van der Waals surface area contributed by atoms with Crippen LogP contribution in [0, 0.1) is 0 Å². The van der Waals surface area contributed by atoms with Gasteiger partial charge in [0.05, 0.1) is 29.7 Å². The molecular weight excluding hydrogens is 282 g/mol. The summed E-state index contributed by atoms with van der Waals surface area (Å²) >= 11 is 0. The van der Waals surface area contributed by atoms with E-state index in [0.717, 1.165) is 0 Å². The van der Waals surface area contributed by atoms with Crippen LogP contribution in [0.3, 0.4) is 0 Å². The van der Waals surface area contributed by atoms with E-state index in [1.54, 1.807) is 18.5 Å². The van der Waals surface area contributed by atoms with Crippen LogP contribution in [0.4, 0.5) is 11.4 Å². The van der Waals surface area contributed by atoms with E-state index in [9.17, 15) is 9.59 Å². The molecule has 1 aliphatic heterocycles. The first-order valence-electron chi connectivity index (χ1n) is 7.13. The minimum absolute atomic E-state index is 0.0146. The molecule has 2 aromatic rings. The highest BCUT2D eigenvalue weighted by atomic mass is 16.2. The van der Waals surface area contributed by atoms with Gasteiger partial charge in [0.2, 0.25) is 11.8 Å². The third-order valence-corrected chi connectivity index (χ3v) is 3.49.